The van der Waals surface area contributed by atoms with Gasteiger partial charge in [0.25, 0.3) is 0 Å². The predicted octanol–water partition coefficient (Wildman–Crippen LogP) is 5.18. The van der Waals surface area contributed by atoms with Crippen molar-refractivity contribution in [3.05, 3.63) is 44.7 Å². The molecule has 0 aliphatic heterocycles. The summed E-state index contributed by atoms with van der Waals surface area (Å²) in [5.74, 6) is 0.335. The summed E-state index contributed by atoms with van der Waals surface area (Å²) < 4.78 is 7.22. The van der Waals surface area contributed by atoms with Crippen LogP contribution in [0.25, 0.3) is 21.7 Å². The number of nitrogen functional groups attached to an aromatic ring is 1. The average molecular weight is 400 g/mol. The van der Waals surface area contributed by atoms with Crippen LogP contribution in [0.5, 0.6) is 0 Å². The summed E-state index contributed by atoms with van der Waals surface area (Å²) >= 11 is 8.46. The highest BCUT2D eigenvalue weighted by molar-refractivity contribution is 9.11. The van der Waals surface area contributed by atoms with E-state index < -0.39 is 0 Å². The Kier molecular flexibility index (Phi) is 3.47. The SMILES string of the molecule is Nc1onc(-c2ccc(Br)s2)c1-c1ccc(Br)cc1. The van der Waals surface area contributed by atoms with Crippen molar-refractivity contribution in [3.63, 3.8) is 0 Å². The fraction of sp³-hybridized carbons (Fsp3) is 0. The zero-order chi connectivity index (χ0) is 13.4. The van der Waals surface area contributed by atoms with Crippen LogP contribution in [0.4, 0.5) is 5.88 Å². The number of halogens is 2. The molecule has 19 heavy (non-hydrogen) atoms. The Bertz CT molecular complexity index is 719. The van der Waals surface area contributed by atoms with Crippen LogP contribution in [-0.4, -0.2) is 5.16 Å². The Hall–Kier alpha value is -1.11. The Morgan fingerprint density at radius 2 is 1.79 bits per heavy atom. The molecule has 0 bridgehead atoms. The third-order valence-electron chi connectivity index (χ3n) is 2.66. The summed E-state index contributed by atoms with van der Waals surface area (Å²) in [4.78, 5) is 1.02. The van der Waals surface area contributed by atoms with Crippen LogP contribution in [0, 0.1) is 0 Å². The first kappa shape index (κ1) is 12.9. The number of thiophene rings is 1. The first-order valence-corrected chi connectivity index (χ1v) is 7.82. The number of rotatable bonds is 2. The standard InChI is InChI=1S/C13H8Br2N2OS/c14-8-3-1-7(2-4-8)11-12(17-18-13(11)16)9-5-6-10(15)19-9/h1-6H,16H2. The normalized spacial score (nSPS) is 10.8. The topological polar surface area (TPSA) is 52.0 Å². The molecule has 0 aliphatic carbocycles. The summed E-state index contributed by atoms with van der Waals surface area (Å²) in [7, 11) is 0. The quantitative estimate of drug-likeness (QED) is 0.645. The molecule has 96 valence electrons. The highest BCUT2D eigenvalue weighted by Crippen LogP contribution is 2.40. The van der Waals surface area contributed by atoms with E-state index in [9.17, 15) is 0 Å². The van der Waals surface area contributed by atoms with Crippen molar-refractivity contribution in [3.8, 4) is 21.7 Å². The smallest absolute Gasteiger partial charge is 0.230 e. The summed E-state index contributed by atoms with van der Waals surface area (Å²) in [6, 6.07) is 11.9. The van der Waals surface area contributed by atoms with Crippen LogP contribution in [0.15, 0.2) is 49.2 Å². The number of anilines is 1. The van der Waals surface area contributed by atoms with E-state index in [0.717, 1.165) is 30.0 Å². The summed E-state index contributed by atoms with van der Waals surface area (Å²) in [6.07, 6.45) is 0. The Morgan fingerprint density at radius 3 is 2.42 bits per heavy atom. The molecule has 0 radical (unpaired) electrons. The molecule has 2 heterocycles. The molecule has 0 spiro atoms. The van der Waals surface area contributed by atoms with Gasteiger partial charge < -0.3 is 10.3 Å². The van der Waals surface area contributed by atoms with E-state index >= 15 is 0 Å². The van der Waals surface area contributed by atoms with Gasteiger partial charge in [0.05, 0.1) is 14.2 Å². The van der Waals surface area contributed by atoms with Gasteiger partial charge in [0.15, 0.2) is 0 Å². The van der Waals surface area contributed by atoms with Crippen molar-refractivity contribution in [2.24, 2.45) is 0 Å². The Morgan fingerprint density at radius 1 is 1.05 bits per heavy atom. The van der Waals surface area contributed by atoms with E-state index in [-0.39, 0.29) is 0 Å². The van der Waals surface area contributed by atoms with E-state index in [2.05, 4.69) is 37.0 Å². The summed E-state index contributed by atoms with van der Waals surface area (Å²) in [6.45, 7) is 0. The maximum absolute atomic E-state index is 5.91. The van der Waals surface area contributed by atoms with Crippen LogP contribution in [-0.2, 0) is 0 Å². The van der Waals surface area contributed by atoms with Gasteiger partial charge in [-0.15, -0.1) is 11.3 Å². The van der Waals surface area contributed by atoms with Gasteiger partial charge in [-0.25, -0.2) is 0 Å². The number of nitrogens with two attached hydrogens (primary N) is 1. The molecule has 0 saturated carbocycles. The zero-order valence-corrected chi connectivity index (χ0v) is 13.5. The molecule has 3 nitrogen and oxygen atoms in total. The number of hydrogen-bond donors (Lipinski definition) is 1. The monoisotopic (exact) mass is 398 g/mol. The third-order valence-corrected chi connectivity index (χ3v) is 4.82. The van der Waals surface area contributed by atoms with Crippen LogP contribution >= 0.6 is 43.2 Å². The molecule has 0 saturated heterocycles. The third kappa shape index (κ3) is 2.48. The van der Waals surface area contributed by atoms with E-state index in [1.165, 1.54) is 0 Å². The summed E-state index contributed by atoms with van der Waals surface area (Å²) in [5.41, 5.74) is 8.50. The molecule has 6 heteroatoms. The molecular formula is C13H8Br2N2OS. The fourth-order valence-electron chi connectivity index (χ4n) is 1.81. The molecule has 2 N–H and O–H groups in total. The van der Waals surface area contributed by atoms with E-state index in [0.29, 0.717) is 5.88 Å². The Labute approximate surface area is 130 Å². The number of hydrogen-bond acceptors (Lipinski definition) is 4. The lowest BCUT2D eigenvalue weighted by molar-refractivity contribution is 0.439. The molecule has 0 aliphatic rings. The Balaban J connectivity index is 2.16. The second kappa shape index (κ2) is 5.11. The first-order valence-electron chi connectivity index (χ1n) is 5.42. The van der Waals surface area contributed by atoms with Gasteiger partial charge in [-0.2, -0.15) is 0 Å². The van der Waals surface area contributed by atoms with Gasteiger partial charge in [0, 0.05) is 4.47 Å². The van der Waals surface area contributed by atoms with Crippen LogP contribution < -0.4 is 5.73 Å². The molecular weight excluding hydrogens is 392 g/mol. The van der Waals surface area contributed by atoms with Crippen molar-refractivity contribution in [2.45, 2.75) is 0 Å². The molecule has 3 rings (SSSR count). The van der Waals surface area contributed by atoms with Crippen molar-refractivity contribution in [1.82, 2.24) is 5.16 Å². The lowest BCUT2D eigenvalue weighted by Gasteiger charge is -2.01. The number of nitrogens with zero attached hydrogens (tertiary/aromatic N) is 1. The zero-order valence-electron chi connectivity index (χ0n) is 9.56. The van der Waals surface area contributed by atoms with E-state index in [1.807, 2.05) is 36.4 Å². The molecule has 0 atom stereocenters. The molecule has 0 amide bonds. The van der Waals surface area contributed by atoms with Gasteiger partial charge in [-0.05, 0) is 45.8 Å². The van der Waals surface area contributed by atoms with Crippen LogP contribution in [0.2, 0.25) is 0 Å². The lowest BCUT2D eigenvalue weighted by atomic mass is 10.1. The maximum atomic E-state index is 5.91. The minimum absolute atomic E-state index is 0.335. The van der Waals surface area contributed by atoms with Crippen molar-refractivity contribution in [1.29, 1.82) is 0 Å². The van der Waals surface area contributed by atoms with Crippen molar-refractivity contribution in [2.75, 3.05) is 5.73 Å². The molecule has 2 aromatic heterocycles. The fourth-order valence-corrected chi connectivity index (χ4v) is 3.45. The van der Waals surface area contributed by atoms with Gasteiger partial charge in [-0.3, -0.25) is 0 Å². The number of aromatic nitrogens is 1. The molecule has 0 fully saturated rings. The van der Waals surface area contributed by atoms with Gasteiger partial charge in [-0.1, -0.05) is 33.2 Å². The van der Waals surface area contributed by atoms with Crippen LogP contribution in [0.1, 0.15) is 0 Å². The highest BCUT2D eigenvalue weighted by atomic mass is 79.9. The second-order valence-electron chi connectivity index (χ2n) is 3.88. The van der Waals surface area contributed by atoms with E-state index in [1.54, 1.807) is 11.3 Å². The number of benzene rings is 1. The maximum Gasteiger partial charge on any atom is 0.230 e. The average Bonchev–Trinajstić information content (AvgIpc) is 2.97. The summed E-state index contributed by atoms with van der Waals surface area (Å²) in [5, 5.41) is 4.08. The van der Waals surface area contributed by atoms with Gasteiger partial charge in [0.2, 0.25) is 5.88 Å². The van der Waals surface area contributed by atoms with Crippen molar-refractivity contribution < 1.29 is 4.52 Å². The molecule has 3 aromatic rings. The largest absolute Gasteiger partial charge is 0.367 e. The van der Waals surface area contributed by atoms with E-state index in [4.69, 9.17) is 10.3 Å². The minimum atomic E-state index is 0.335. The van der Waals surface area contributed by atoms with Crippen LogP contribution in [0.3, 0.4) is 0 Å². The molecule has 1 aromatic carbocycles. The lowest BCUT2D eigenvalue weighted by Crippen LogP contribution is -1.86. The minimum Gasteiger partial charge on any atom is -0.367 e. The van der Waals surface area contributed by atoms with Crippen molar-refractivity contribution >= 4 is 49.1 Å². The van der Waals surface area contributed by atoms with Gasteiger partial charge >= 0.3 is 0 Å². The highest BCUT2D eigenvalue weighted by Gasteiger charge is 2.18. The molecule has 0 unspecified atom stereocenters. The second-order valence-corrected chi connectivity index (χ2v) is 7.26. The first-order chi connectivity index (χ1) is 9.15. The van der Waals surface area contributed by atoms with Gasteiger partial charge in [0.1, 0.15) is 5.69 Å². The predicted molar refractivity (Wildman–Crippen MR) is 85.1 cm³/mol.